The lowest BCUT2D eigenvalue weighted by Crippen LogP contribution is -2.08. The summed E-state index contributed by atoms with van der Waals surface area (Å²) in [5, 5.41) is 10.5. The molecule has 1 heterocycles. The Kier molecular flexibility index (Phi) is 3.15. The zero-order chi connectivity index (χ0) is 15.8. The molecule has 0 atom stereocenters. The van der Waals surface area contributed by atoms with Gasteiger partial charge in [0.15, 0.2) is 5.75 Å². The Morgan fingerprint density at radius 2 is 1.78 bits per heavy atom. The Morgan fingerprint density at radius 1 is 1.04 bits per heavy atom. The highest BCUT2D eigenvalue weighted by Gasteiger charge is 2.28. The van der Waals surface area contributed by atoms with Gasteiger partial charge in [0, 0.05) is 17.5 Å². The van der Waals surface area contributed by atoms with E-state index < -0.39 is 5.63 Å². The molecule has 0 aliphatic heterocycles. The first kappa shape index (κ1) is 13.6. The van der Waals surface area contributed by atoms with Gasteiger partial charge >= 0.3 is 5.63 Å². The Morgan fingerprint density at radius 3 is 2.61 bits per heavy atom. The summed E-state index contributed by atoms with van der Waals surface area (Å²) in [6, 6.07) is 17.1. The van der Waals surface area contributed by atoms with Crippen LogP contribution >= 0.6 is 0 Å². The molecule has 4 nitrogen and oxygen atoms in total. The fourth-order valence-electron chi connectivity index (χ4n) is 2.87. The van der Waals surface area contributed by atoms with Crippen molar-refractivity contribution in [3.05, 3.63) is 81.7 Å². The van der Waals surface area contributed by atoms with Gasteiger partial charge < -0.3 is 14.3 Å². The molecule has 1 N–H and O–H groups in total. The number of aromatic hydroxyl groups is 1. The second kappa shape index (κ2) is 5.32. The molecule has 4 heteroatoms. The van der Waals surface area contributed by atoms with Gasteiger partial charge in [-0.2, -0.15) is 0 Å². The first-order valence-electron chi connectivity index (χ1n) is 7.38. The number of fused-ring (bicyclic) bond motifs is 3. The van der Waals surface area contributed by atoms with Crippen LogP contribution in [0.4, 0.5) is 0 Å². The minimum Gasteiger partial charge on any atom is -0.504 e. The summed E-state index contributed by atoms with van der Waals surface area (Å²) in [5.74, 6) is 0.193. The molecule has 1 aliphatic rings. The van der Waals surface area contributed by atoms with Gasteiger partial charge in [-0.05, 0) is 11.1 Å². The van der Waals surface area contributed by atoms with E-state index in [4.69, 9.17) is 9.15 Å². The van der Waals surface area contributed by atoms with Crippen LogP contribution in [0, 0.1) is 0 Å². The zero-order valence-corrected chi connectivity index (χ0v) is 12.3. The predicted molar refractivity (Wildman–Crippen MR) is 85.7 cm³/mol. The van der Waals surface area contributed by atoms with Gasteiger partial charge in [0.2, 0.25) is 5.75 Å². The maximum atomic E-state index is 12.2. The van der Waals surface area contributed by atoms with Crippen molar-refractivity contribution in [2.24, 2.45) is 0 Å². The molecule has 0 amide bonds. The van der Waals surface area contributed by atoms with E-state index in [1.807, 2.05) is 54.6 Å². The predicted octanol–water partition coefficient (Wildman–Crippen LogP) is 3.50. The Hall–Kier alpha value is -3.01. The largest absolute Gasteiger partial charge is 0.504 e. The van der Waals surface area contributed by atoms with Crippen LogP contribution in [-0.4, -0.2) is 5.11 Å². The number of hydrogen-bond acceptors (Lipinski definition) is 4. The van der Waals surface area contributed by atoms with Crippen molar-refractivity contribution in [1.82, 2.24) is 0 Å². The van der Waals surface area contributed by atoms with Crippen molar-refractivity contribution in [3.8, 4) is 22.8 Å². The van der Waals surface area contributed by atoms with Crippen molar-refractivity contribution in [2.45, 2.75) is 13.0 Å². The number of rotatable bonds is 3. The molecule has 114 valence electrons. The van der Waals surface area contributed by atoms with Crippen LogP contribution in [-0.2, 0) is 13.0 Å². The average Bonchev–Trinajstić information content (AvgIpc) is 2.95. The van der Waals surface area contributed by atoms with Crippen molar-refractivity contribution < 1.29 is 14.3 Å². The SMILES string of the molecule is O=c1oc2c(c(O)c1OCc1ccccc1)Cc1ccccc1-2. The first-order chi connectivity index (χ1) is 11.2. The fourth-order valence-corrected chi connectivity index (χ4v) is 2.87. The monoisotopic (exact) mass is 306 g/mol. The lowest BCUT2D eigenvalue weighted by atomic mass is 10.1. The molecule has 1 aliphatic carbocycles. The molecule has 0 unspecified atom stereocenters. The lowest BCUT2D eigenvalue weighted by Gasteiger charge is -2.09. The van der Waals surface area contributed by atoms with Crippen LogP contribution in [0.25, 0.3) is 11.3 Å². The van der Waals surface area contributed by atoms with E-state index in [-0.39, 0.29) is 18.1 Å². The molecular formula is C19H14O4. The Balaban J connectivity index is 1.71. The van der Waals surface area contributed by atoms with E-state index in [1.54, 1.807) is 0 Å². The lowest BCUT2D eigenvalue weighted by molar-refractivity contribution is 0.270. The molecule has 0 fully saturated rings. The van der Waals surface area contributed by atoms with Crippen LogP contribution in [0.15, 0.2) is 63.8 Å². The normalized spacial score (nSPS) is 11.8. The van der Waals surface area contributed by atoms with E-state index in [1.165, 1.54) is 0 Å². The highest BCUT2D eigenvalue weighted by Crippen LogP contribution is 2.43. The average molecular weight is 306 g/mol. The number of hydrogen-bond donors (Lipinski definition) is 1. The quantitative estimate of drug-likeness (QED) is 0.629. The maximum absolute atomic E-state index is 12.2. The molecule has 4 rings (SSSR count). The molecule has 0 saturated heterocycles. The highest BCUT2D eigenvalue weighted by atomic mass is 16.5. The summed E-state index contributed by atoms with van der Waals surface area (Å²) < 4.78 is 10.9. The summed E-state index contributed by atoms with van der Waals surface area (Å²) in [7, 11) is 0. The highest BCUT2D eigenvalue weighted by molar-refractivity contribution is 5.75. The molecule has 0 bridgehead atoms. The van der Waals surface area contributed by atoms with E-state index in [0.717, 1.165) is 16.7 Å². The molecule has 23 heavy (non-hydrogen) atoms. The minimum absolute atomic E-state index is 0.122. The molecule has 0 spiro atoms. The molecule has 0 radical (unpaired) electrons. The smallest absolute Gasteiger partial charge is 0.383 e. The van der Waals surface area contributed by atoms with E-state index in [0.29, 0.717) is 17.7 Å². The summed E-state index contributed by atoms with van der Waals surface area (Å²) in [6.45, 7) is 0.199. The molecule has 2 aromatic carbocycles. The molecule has 0 saturated carbocycles. The zero-order valence-electron chi connectivity index (χ0n) is 12.3. The number of benzene rings is 2. The number of ether oxygens (including phenoxy) is 1. The Labute approximate surface area is 132 Å². The van der Waals surface area contributed by atoms with Gasteiger partial charge in [0.1, 0.15) is 12.4 Å². The molecular weight excluding hydrogens is 292 g/mol. The fraction of sp³-hybridized carbons (Fsp3) is 0.105. The Bertz CT molecular complexity index is 926. The van der Waals surface area contributed by atoms with Gasteiger partial charge in [-0.15, -0.1) is 0 Å². The van der Waals surface area contributed by atoms with Crippen molar-refractivity contribution in [1.29, 1.82) is 0 Å². The van der Waals surface area contributed by atoms with Crippen molar-refractivity contribution in [3.63, 3.8) is 0 Å². The summed E-state index contributed by atoms with van der Waals surface area (Å²) in [5.41, 5.74) is 2.74. The van der Waals surface area contributed by atoms with Crippen LogP contribution < -0.4 is 10.4 Å². The second-order valence-corrected chi connectivity index (χ2v) is 5.48. The van der Waals surface area contributed by atoms with Gasteiger partial charge in [0.25, 0.3) is 0 Å². The van der Waals surface area contributed by atoms with Crippen LogP contribution in [0.2, 0.25) is 0 Å². The van der Waals surface area contributed by atoms with Gasteiger partial charge in [-0.3, -0.25) is 0 Å². The third-order valence-electron chi connectivity index (χ3n) is 4.01. The standard InChI is InChI=1S/C19H14O4/c20-16-15-10-13-8-4-5-9-14(13)17(15)23-19(21)18(16)22-11-12-6-2-1-3-7-12/h1-9,20H,10-11H2. The van der Waals surface area contributed by atoms with Crippen LogP contribution in [0.5, 0.6) is 11.5 Å². The molecule has 1 aromatic heterocycles. The van der Waals surface area contributed by atoms with Crippen LogP contribution in [0.1, 0.15) is 16.7 Å². The van der Waals surface area contributed by atoms with Gasteiger partial charge in [0.05, 0.1) is 0 Å². The van der Waals surface area contributed by atoms with E-state index in [9.17, 15) is 9.90 Å². The minimum atomic E-state index is -0.658. The van der Waals surface area contributed by atoms with Crippen LogP contribution in [0.3, 0.4) is 0 Å². The maximum Gasteiger partial charge on any atom is 0.383 e. The molecule has 3 aromatic rings. The summed E-state index contributed by atoms with van der Waals surface area (Å²) in [4.78, 5) is 12.2. The summed E-state index contributed by atoms with van der Waals surface area (Å²) in [6.07, 6.45) is 0.531. The van der Waals surface area contributed by atoms with Crippen molar-refractivity contribution >= 4 is 0 Å². The topological polar surface area (TPSA) is 59.7 Å². The van der Waals surface area contributed by atoms with E-state index in [2.05, 4.69) is 0 Å². The van der Waals surface area contributed by atoms with Crippen molar-refractivity contribution in [2.75, 3.05) is 0 Å². The van der Waals surface area contributed by atoms with E-state index >= 15 is 0 Å². The second-order valence-electron chi connectivity index (χ2n) is 5.48. The van der Waals surface area contributed by atoms with Gasteiger partial charge in [-0.25, -0.2) is 4.79 Å². The first-order valence-corrected chi connectivity index (χ1v) is 7.38. The summed E-state index contributed by atoms with van der Waals surface area (Å²) >= 11 is 0. The third-order valence-corrected chi connectivity index (χ3v) is 4.01. The third kappa shape index (κ3) is 2.28. The van der Waals surface area contributed by atoms with Gasteiger partial charge in [-0.1, -0.05) is 54.6 Å².